The van der Waals surface area contributed by atoms with Crippen molar-refractivity contribution in [1.29, 1.82) is 0 Å². The van der Waals surface area contributed by atoms with E-state index in [0.29, 0.717) is 5.92 Å². The Balaban J connectivity index is 1.76. The number of carbonyl (C=O) groups is 1. The number of fused-ring (bicyclic) bond motifs is 3. The van der Waals surface area contributed by atoms with Crippen molar-refractivity contribution in [2.24, 2.45) is 5.92 Å². The molecule has 0 radical (unpaired) electrons. The lowest BCUT2D eigenvalue weighted by Gasteiger charge is -2.44. The SMILES string of the molecule is O=C(O)c1csc(S(=O)(=O)NC2CN3CCC2CC3)c1. The van der Waals surface area contributed by atoms with Crippen molar-refractivity contribution in [2.75, 3.05) is 19.6 Å². The van der Waals surface area contributed by atoms with Gasteiger partial charge in [0.1, 0.15) is 4.21 Å². The molecular formula is C12H16N2O4S2. The summed E-state index contributed by atoms with van der Waals surface area (Å²) < 4.78 is 27.4. The average molecular weight is 316 g/mol. The maximum atomic E-state index is 12.3. The Hall–Kier alpha value is -0.960. The highest BCUT2D eigenvalue weighted by atomic mass is 32.2. The molecule has 3 fully saturated rings. The summed E-state index contributed by atoms with van der Waals surface area (Å²) in [5.41, 5.74) is 0.0179. The molecule has 1 aromatic rings. The Morgan fingerprint density at radius 2 is 2.10 bits per heavy atom. The quantitative estimate of drug-likeness (QED) is 0.859. The van der Waals surface area contributed by atoms with Crippen LogP contribution in [0.5, 0.6) is 0 Å². The van der Waals surface area contributed by atoms with E-state index in [4.69, 9.17) is 5.11 Å². The zero-order valence-electron chi connectivity index (χ0n) is 10.8. The number of aromatic carboxylic acids is 1. The Bertz CT molecular complexity index is 617. The fraction of sp³-hybridized carbons (Fsp3) is 0.583. The van der Waals surface area contributed by atoms with Gasteiger partial charge in [0.2, 0.25) is 10.0 Å². The molecule has 110 valence electrons. The normalized spacial score (nSPS) is 29.5. The number of carboxylic acid groups (broad SMARTS) is 1. The summed E-state index contributed by atoms with van der Waals surface area (Å²) in [5.74, 6) is -0.709. The number of sulfonamides is 1. The molecule has 6 nitrogen and oxygen atoms in total. The highest BCUT2D eigenvalue weighted by Crippen LogP contribution is 2.29. The van der Waals surface area contributed by atoms with Crippen molar-refractivity contribution in [1.82, 2.24) is 9.62 Å². The minimum Gasteiger partial charge on any atom is -0.478 e. The van der Waals surface area contributed by atoms with Crippen LogP contribution in [-0.2, 0) is 10.0 Å². The number of hydrogen-bond donors (Lipinski definition) is 2. The molecule has 0 aromatic carbocycles. The van der Waals surface area contributed by atoms with Crippen LogP contribution in [0.1, 0.15) is 23.2 Å². The molecule has 0 aliphatic carbocycles. The predicted octanol–water partition coefficient (Wildman–Crippen LogP) is 0.819. The summed E-state index contributed by atoms with van der Waals surface area (Å²) in [6, 6.07) is 1.16. The van der Waals surface area contributed by atoms with E-state index >= 15 is 0 Å². The summed E-state index contributed by atoms with van der Waals surface area (Å²) in [6.45, 7) is 2.84. The van der Waals surface area contributed by atoms with Crippen molar-refractivity contribution in [2.45, 2.75) is 23.1 Å². The van der Waals surface area contributed by atoms with E-state index in [1.54, 1.807) is 0 Å². The molecule has 2 N–H and O–H groups in total. The Morgan fingerprint density at radius 1 is 1.40 bits per heavy atom. The van der Waals surface area contributed by atoms with Gasteiger partial charge in [-0.2, -0.15) is 0 Å². The molecule has 3 aliphatic heterocycles. The molecule has 4 rings (SSSR count). The van der Waals surface area contributed by atoms with Crippen LogP contribution in [0.3, 0.4) is 0 Å². The van der Waals surface area contributed by atoms with E-state index in [0.717, 1.165) is 43.8 Å². The second-order valence-electron chi connectivity index (χ2n) is 5.33. The molecule has 3 aliphatic rings. The van der Waals surface area contributed by atoms with Gasteiger partial charge < -0.3 is 10.0 Å². The van der Waals surface area contributed by atoms with E-state index in [1.807, 2.05) is 0 Å². The Kier molecular flexibility index (Phi) is 3.57. The number of hydrogen-bond acceptors (Lipinski definition) is 5. The molecule has 1 unspecified atom stereocenters. The van der Waals surface area contributed by atoms with Gasteiger partial charge in [-0.1, -0.05) is 0 Å². The van der Waals surface area contributed by atoms with Gasteiger partial charge in [-0.15, -0.1) is 11.3 Å². The first kappa shape index (κ1) is 14.0. The van der Waals surface area contributed by atoms with Crippen molar-refractivity contribution < 1.29 is 18.3 Å². The summed E-state index contributed by atoms with van der Waals surface area (Å²) in [7, 11) is -3.62. The van der Waals surface area contributed by atoms with E-state index in [-0.39, 0.29) is 15.8 Å². The molecule has 1 atom stereocenters. The van der Waals surface area contributed by atoms with Crippen LogP contribution in [0.2, 0.25) is 0 Å². The molecule has 0 saturated carbocycles. The van der Waals surface area contributed by atoms with Gasteiger partial charge in [0.15, 0.2) is 0 Å². The molecular weight excluding hydrogens is 300 g/mol. The van der Waals surface area contributed by atoms with Crippen LogP contribution in [0, 0.1) is 5.92 Å². The number of nitrogens with zero attached hydrogens (tertiary/aromatic N) is 1. The molecule has 0 spiro atoms. The lowest BCUT2D eigenvalue weighted by atomic mass is 9.85. The largest absolute Gasteiger partial charge is 0.478 e. The average Bonchev–Trinajstić information content (AvgIpc) is 2.90. The molecule has 2 bridgehead atoms. The van der Waals surface area contributed by atoms with Gasteiger partial charge in [0.25, 0.3) is 0 Å². The van der Waals surface area contributed by atoms with E-state index < -0.39 is 16.0 Å². The van der Waals surface area contributed by atoms with E-state index in [1.165, 1.54) is 11.4 Å². The standard InChI is InChI=1S/C12H16N2O4S2/c15-12(16)9-5-11(19-7-9)20(17,18)13-10-6-14-3-1-8(10)2-4-14/h5,7-8,10,13H,1-4,6H2,(H,15,16). The first-order valence-electron chi connectivity index (χ1n) is 6.52. The molecule has 1 aromatic heterocycles. The van der Waals surface area contributed by atoms with Crippen molar-refractivity contribution in [3.05, 3.63) is 17.0 Å². The van der Waals surface area contributed by atoms with Crippen LogP contribution < -0.4 is 4.72 Å². The summed E-state index contributed by atoms with van der Waals surface area (Å²) in [6.07, 6.45) is 2.05. The van der Waals surface area contributed by atoms with Crippen LogP contribution in [0.25, 0.3) is 0 Å². The Labute approximate surface area is 121 Å². The van der Waals surface area contributed by atoms with Gasteiger partial charge >= 0.3 is 5.97 Å². The third kappa shape index (κ3) is 2.60. The summed E-state index contributed by atoms with van der Waals surface area (Å²) >= 11 is 0.949. The number of piperidine rings is 3. The van der Waals surface area contributed by atoms with Gasteiger partial charge in [0, 0.05) is 18.0 Å². The highest BCUT2D eigenvalue weighted by molar-refractivity contribution is 7.91. The number of thiophene rings is 1. The number of carboxylic acids is 1. The highest BCUT2D eigenvalue weighted by Gasteiger charge is 2.36. The third-order valence-electron chi connectivity index (χ3n) is 4.05. The van der Waals surface area contributed by atoms with E-state index in [9.17, 15) is 13.2 Å². The van der Waals surface area contributed by atoms with Crippen molar-refractivity contribution in [3.63, 3.8) is 0 Å². The lowest BCUT2D eigenvalue weighted by Crippen LogP contribution is -2.57. The maximum Gasteiger partial charge on any atom is 0.336 e. The first-order valence-corrected chi connectivity index (χ1v) is 8.88. The second kappa shape index (κ2) is 5.10. The molecule has 0 amide bonds. The van der Waals surface area contributed by atoms with Gasteiger partial charge in [0.05, 0.1) is 5.56 Å². The molecule has 4 heterocycles. The fourth-order valence-electron chi connectivity index (χ4n) is 2.93. The zero-order valence-corrected chi connectivity index (χ0v) is 12.4. The second-order valence-corrected chi connectivity index (χ2v) is 8.18. The molecule has 8 heteroatoms. The third-order valence-corrected chi connectivity index (χ3v) is 6.98. The minimum atomic E-state index is -3.62. The number of nitrogens with one attached hydrogen (secondary N) is 1. The van der Waals surface area contributed by atoms with Crippen LogP contribution in [0.15, 0.2) is 15.7 Å². The first-order chi connectivity index (χ1) is 9.45. The minimum absolute atomic E-state index is 0.0179. The maximum absolute atomic E-state index is 12.3. The van der Waals surface area contributed by atoms with Crippen LogP contribution in [-0.4, -0.2) is 50.1 Å². The number of rotatable bonds is 4. The monoisotopic (exact) mass is 316 g/mol. The van der Waals surface area contributed by atoms with Gasteiger partial charge in [-0.25, -0.2) is 17.9 Å². The van der Waals surface area contributed by atoms with Gasteiger partial charge in [-0.3, -0.25) is 0 Å². The molecule has 3 saturated heterocycles. The zero-order chi connectivity index (χ0) is 14.3. The van der Waals surface area contributed by atoms with Crippen molar-refractivity contribution in [3.8, 4) is 0 Å². The fourth-order valence-corrected chi connectivity index (χ4v) is 5.39. The van der Waals surface area contributed by atoms with Crippen molar-refractivity contribution >= 4 is 27.3 Å². The summed E-state index contributed by atoms with van der Waals surface area (Å²) in [5, 5.41) is 10.2. The molecule has 20 heavy (non-hydrogen) atoms. The van der Waals surface area contributed by atoms with E-state index in [2.05, 4.69) is 9.62 Å². The van der Waals surface area contributed by atoms with Gasteiger partial charge in [-0.05, 0) is 37.9 Å². The lowest BCUT2D eigenvalue weighted by molar-refractivity contribution is 0.0697. The summed E-state index contributed by atoms with van der Waals surface area (Å²) in [4.78, 5) is 13.1. The van der Waals surface area contributed by atoms with Crippen LogP contribution in [0.4, 0.5) is 0 Å². The topological polar surface area (TPSA) is 86.7 Å². The Morgan fingerprint density at radius 3 is 2.60 bits per heavy atom. The smallest absolute Gasteiger partial charge is 0.336 e. The van der Waals surface area contributed by atoms with Crippen LogP contribution >= 0.6 is 11.3 Å². The predicted molar refractivity (Wildman–Crippen MR) is 74.6 cm³/mol.